The molecule has 4 atom stereocenters. The lowest BCUT2D eigenvalue weighted by Gasteiger charge is -2.43. The summed E-state index contributed by atoms with van der Waals surface area (Å²) in [5.74, 6) is -0.327. The van der Waals surface area contributed by atoms with Gasteiger partial charge in [-0.25, -0.2) is 0 Å². The third-order valence-electron chi connectivity index (χ3n) is 14.4. The van der Waals surface area contributed by atoms with Gasteiger partial charge in [-0.1, -0.05) is 86.6 Å². The van der Waals surface area contributed by atoms with Gasteiger partial charge < -0.3 is 50.4 Å². The van der Waals surface area contributed by atoms with Crippen LogP contribution in [0.15, 0.2) is 116 Å². The molecule has 10 rings (SSSR count). The van der Waals surface area contributed by atoms with Crippen molar-refractivity contribution >= 4 is 45.9 Å². The van der Waals surface area contributed by atoms with Crippen molar-refractivity contribution in [3.8, 4) is 11.5 Å². The number of carbonyl (C=O) groups is 2. The Kier molecular flexibility index (Phi) is 15.6. The van der Waals surface area contributed by atoms with E-state index in [2.05, 4.69) is 31.1 Å². The van der Waals surface area contributed by atoms with Crippen LogP contribution in [-0.2, 0) is 9.47 Å². The number of piperazine rings is 2. The van der Waals surface area contributed by atoms with Crippen molar-refractivity contribution in [2.45, 2.75) is 50.9 Å². The van der Waals surface area contributed by atoms with Crippen LogP contribution < -0.4 is 47.7 Å². The molecule has 18 heteroatoms. The standard InChI is InChI=1S/C28H32N4O5.C27H30N4O5/c1-3-21(18-8-5-4-6-9-18)29-23-24(26(34)25(23)33)30-22-11-7-10-20(27(22)36-2)28(35)32-13-12-31-14-15-37-17-19(31)16-32;1-2-20(17-7-4-3-5-8-17)28-22-23(26(34)25(22)33)29-21-10-6-9-19(24(21)32)27(35)31-12-11-30-13-14-36-16-18(30)15-31/h4-11,19,21,29-30H,3,12-17H2,1-2H3;3-10,18,20,28-29,32H,2,11-16H2,1H3/t19-,21-;18-,20-/m11/s1. The van der Waals surface area contributed by atoms with Gasteiger partial charge in [0.15, 0.2) is 11.5 Å². The second-order valence-electron chi connectivity index (χ2n) is 18.7. The number of ether oxygens (including phenoxy) is 3. The maximum atomic E-state index is 13.5. The largest absolute Gasteiger partial charge is 0.505 e. The van der Waals surface area contributed by atoms with Crippen LogP contribution in [0.1, 0.15) is 70.6 Å². The highest BCUT2D eigenvalue weighted by Crippen LogP contribution is 2.36. The Labute approximate surface area is 422 Å². The Balaban J connectivity index is 0.000000180. The van der Waals surface area contributed by atoms with Crippen LogP contribution in [0.25, 0.3) is 0 Å². The summed E-state index contributed by atoms with van der Waals surface area (Å²) < 4.78 is 16.8. The zero-order chi connectivity index (χ0) is 51.2. The van der Waals surface area contributed by atoms with Crippen molar-refractivity contribution in [2.24, 2.45) is 0 Å². The first-order valence-corrected chi connectivity index (χ1v) is 25.0. The summed E-state index contributed by atoms with van der Waals surface area (Å²) in [5.41, 5.74) is 1.49. The Morgan fingerprint density at radius 1 is 0.575 bits per heavy atom. The maximum Gasteiger partial charge on any atom is 0.257 e. The number of methoxy groups -OCH3 is 1. The Bertz CT molecular complexity index is 3060. The predicted octanol–water partition coefficient (Wildman–Crippen LogP) is 5.21. The Hall–Kier alpha value is -7.38. The van der Waals surface area contributed by atoms with Gasteiger partial charge in [0.1, 0.15) is 22.7 Å². The number of benzene rings is 4. The van der Waals surface area contributed by atoms with E-state index in [1.54, 1.807) is 41.3 Å². The molecule has 4 heterocycles. The van der Waals surface area contributed by atoms with E-state index in [1.807, 2.05) is 79.4 Å². The number of fused-ring (bicyclic) bond motifs is 2. The lowest BCUT2D eigenvalue weighted by atomic mass is 10.0. The number of nitrogens with one attached hydrogen (secondary N) is 4. The fraction of sp³-hybridized carbons (Fsp3) is 0.382. The van der Waals surface area contributed by atoms with Crippen LogP contribution in [0.5, 0.6) is 11.5 Å². The number of hydrogen-bond acceptors (Lipinski definition) is 16. The molecule has 0 spiro atoms. The summed E-state index contributed by atoms with van der Waals surface area (Å²) in [7, 11) is 1.49. The summed E-state index contributed by atoms with van der Waals surface area (Å²) in [6.45, 7) is 12.3. The highest BCUT2D eigenvalue weighted by Gasteiger charge is 2.35. The number of amides is 2. The van der Waals surface area contributed by atoms with Crippen molar-refractivity contribution in [3.63, 3.8) is 0 Å². The first-order valence-electron chi connectivity index (χ1n) is 25.0. The lowest BCUT2D eigenvalue weighted by molar-refractivity contribution is -0.0396. The smallest absolute Gasteiger partial charge is 0.257 e. The summed E-state index contributed by atoms with van der Waals surface area (Å²) in [5, 5.41) is 23.3. The highest BCUT2D eigenvalue weighted by molar-refractivity contribution is 6.00. The van der Waals surface area contributed by atoms with Crippen molar-refractivity contribution in [1.82, 2.24) is 19.6 Å². The molecule has 4 aliphatic heterocycles. The number of para-hydroxylation sites is 2. The van der Waals surface area contributed by atoms with E-state index in [-0.39, 0.29) is 75.7 Å². The molecule has 0 unspecified atom stereocenters. The molecule has 6 aromatic carbocycles. The molecule has 4 aliphatic rings. The molecule has 0 bridgehead atoms. The summed E-state index contributed by atoms with van der Waals surface area (Å²) in [6, 6.07) is 29.5. The fourth-order valence-corrected chi connectivity index (χ4v) is 10.2. The van der Waals surface area contributed by atoms with E-state index in [0.29, 0.717) is 69.4 Å². The van der Waals surface area contributed by atoms with E-state index in [1.165, 1.54) is 7.11 Å². The van der Waals surface area contributed by atoms with Gasteiger partial charge in [-0.2, -0.15) is 0 Å². The first-order chi connectivity index (χ1) is 35.5. The second-order valence-corrected chi connectivity index (χ2v) is 18.7. The SMILES string of the molecule is CC[C@@H](Nc1c(Nc2cccc(C(=O)N3CCN4CCOC[C@H]4C3)c2O)c(=O)c1=O)c1ccccc1.CC[C@@H](Nc1c(Nc2cccc(C(=O)N3CCN4CCOC[C@H]4C3)c2OC)c(=O)c1=O)c1ccccc1. The monoisotopic (exact) mass is 994 g/mol. The molecule has 0 radical (unpaired) electrons. The number of nitrogens with zero attached hydrogens (tertiary/aromatic N) is 4. The highest BCUT2D eigenvalue weighted by atomic mass is 16.5. The normalized spacial score (nSPS) is 18.9. The van der Waals surface area contributed by atoms with Crippen molar-refractivity contribution in [2.75, 3.05) is 107 Å². The van der Waals surface area contributed by atoms with E-state index in [0.717, 1.165) is 50.3 Å². The summed E-state index contributed by atoms with van der Waals surface area (Å²) in [6.07, 6.45) is 1.44. The minimum Gasteiger partial charge on any atom is -0.505 e. The van der Waals surface area contributed by atoms with E-state index in [4.69, 9.17) is 14.2 Å². The van der Waals surface area contributed by atoms with Crippen molar-refractivity contribution < 1.29 is 28.9 Å². The van der Waals surface area contributed by atoms with Crippen LogP contribution in [0.2, 0.25) is 0 Å². The molecule has 73 heavy (non-hydrogen) atoms. The molecule has 0 aliphatic carbocycles. The zero-order valence-corrected chi connectivity index (χ0v) is 41.4. The molecular weight excluding hydrogens is 933 g/mol. The second kappa shape index (κ2) is 22.6. The van der Waals surface area contributed by atoms with Gasteiger partial charge in [0, 0.05) is 52.4 Å². The zero-order valence-electron chi connectivity index (χ0n) is 41.4. The molecule has 18 nitrogen and oxygen atoms in total. The van der Waals surface area contributed by atoms with Crippen molar-refractivity contribution in [3.05, 3.63) is 160 Å². The third kappa shape index (κ3) is 10.6. The average molecular weight is 995 g/mol. The molecule has 0 saturated carbocycles. The molecule has 382 valence electrons. The van der Waals surface area contributed by atoms with E-state index >= 15 is 0 Å². The summed E-state index contributed by atoms with van der Waals surface area (Å²) in [4.78, 5) is 84.8. The minimum absolute atomic E-state index is 0.0854. The van der Waals surface area contributed by atoms with Gasteiger partial charge in [0.2, 0.25) is 0 Å². The van der Waals surface area contributed by atoms with Crippen LogP contribution in [0.3, 0.4) is 0 Å². The quantitative estimate of drug-likeness (QED) is 0.0661. The summed E-state index contributed by atoms with van der Waals surface area (Å²) >= 11 is 0. The number of hydrogen-bond donors (Lipinski definition) is 5. The van der Waals surface area contributed by atoms with Crippen LogP contribution >= 0.6 is 0 Å². The third-order valence-corrected chi connectivity index (χ3v) is 14.4. The molecule has 2 amide bonds. The Morgan fingerprint density at radius 2 is 1.01 bits per heavy atom. The minimum atomic E-state index is -0.662. The lowest BCUT2D eigenvalue weighted by Crippen LogP contribution is -2.59. The van der Waals surface area contributed by atoms with E-state index < -0.39 is 21.7 Å². The fourth-order valence-electron chi connectivity index (χ4n) is 10.2. The number of carbonyl (C=O) groups excluding carboxylic acids is 2. The molecule has 0 aromatic heterocycles. The van der Waals surface area contributed by atoms with Gasteiger partial charge >= 0.3 is 0 Å². The van der Waals surface area contributed by atoms with Gasteiger partial charge in [0.25, 0.3) is 33.5 Å². The topological polar surface area (TPSA) is 211 Å². The first kappa shape index (κ1) is 50.6. The molecule has 4 fully saturated rings. The number of aromatic hydroxyl groups is 1. The maximum absolute atomic E-state index is 13.5. The number of phenolic OH excluding ortho intramolecular Hbond substituents is 1. The van der Waals surface area contributed by atoms with Crippen LogP contribution in [0.4, 0.5) is 34.1 Å². The number of anilines is 6. The van der Waals surface area contributed by atoms with Gasteiger partial charge in [-0.15, -0.1) is 0 Å². The van der Waals surface area contributed by atoms with Gasteiger partial charge in [0.05, 0.1) is 80.2 Å². The predicted molar refractivity (Wildman–Crippen MR) is 281 cm³/mol. The molecule has 4 saturated heterocycles. The molecule has 6 aromatic rings. The number of morpholine rings is 2. The molecule has 5 N–H and O–H groups in total. The Morgan fingerprint density at radius 3 is 1.49 bits per heavy atom. The van der Waals surface area contributed by atoms with Gasteiger partial charge in [-0.3, -0.25) is 38.6 Å². The number of rotatable bonds is 15. The average Bonchev–Trinajstić information content (AvgIpc) is 3.44. The number of phenols is 1. The van der Waals surface area contributed by atoms with Crippen molar-refractivity contribution in [1.29, 1.82) is 0 Å². The molecular formula is C55H62N8O10. The van der Waals surface area contributed by atoms with Crippen LogP contribution in [0, 0.1) is 0 Å². The van der Waals surface area contributed by atoms with E-state index in [9.17, 15) is 33.9 Å². The van der Waals surface area contributed by atoms with Crippen LogP contribution in [-0.4, -0.2) is 134 Å². The van der Waals surface area contributed by atoms with Gasteiger partial charge in [-0.05, 0) is 48.2 Å².